The molecule has 5 aromatic heterocycles. The fraction of sp³-hybridized carbons (Fsp3) is 0.217. The minimum atomic E-state index is 0.557. The molecule has 6 rings (SSSR count). The van der Waals surface area contributed by atoms with Gasteiger partial charge in [0, 0.05) is 18.3 Å². The quantitative estimate of drug-likeness (QED) is 0.359. The maximum absolute atomic E-state index is 4.73. The van der Waals surface area contributed by atoms with Crippen molar-refractivity contribution >= 4 is 44.7 Å². The van der Waals surface area contributed by atoms with Crippen LogP contribution in [0.1, 0.15) is 36.6 Å². The molecule has 1 aliphatic carbocycles. The summed E-state index contributed by atoms with van der Waals surface area (Å²) in [6.07, 6.45) is 13.9. The van der Waals surface area contributed by atoms with E-state index in [2.05, 4.69) is 35.9 Å². The van der Waals surface area contributed by atoms with Gasteiger partial charge in [-0.15, -0.1) is 10.2 Å². The van der Waals surface area contributed by atoms with E-state index in [1.54, 1.807) is 40.8 Å². The predicted molar refractivity (Wildman–Crippen MR) is 129 cm³/mol. The van der Waals surface area contributed by atoms with E-state index in [0.717, 1.165) is 44.1 Å². The molecule has 1 saturated carbocycles. The monoisotopic (exact) mass is 455 g/mol. The molecule has 0 aromatic carbocycles. The maximum atomic E-state index is 4.73. The third-order valence-corrected chi connectivity index (χ3v) is 6.70. The molecular weight excluding hydrogens is 434 g/mol. The van der Waals surface area contributed by atoms with Crippen LogP contribution in [0.25, 0.3) is 16.7 Å². The third-order valence-electron chi connectivity index (χ3n) is 5.70. The van der Waals surface area contributed by atoms with Crippen LogP contribution in [-0.4, -0.2) is 34.9 Å². The summed E-state index contributed by atoms with van der Waals surface area (Å²) >= 11 is 1.62. The van der Waals surface area contributed by atoms with Crippen molar-refractivity contribution < 1.29 is 0 Å². The summed E-state index contributed by atoms with van der Waals surface area (Å²) in [5.74, 6) is 1.28. The van der Waals surface area contributed by atoms with Crippen molar-refractivity contribution in [2.24, 2.45) is 0 Å². The van der Waals surface area contributed by atoms with Gasteiger partial charge >= 0.3 is 0 Å². The molecule has 164 valence electrons. The van der Waals surface area contributed by atoms with Gasteiger partial charge in [0.25, 0.3) is 0 Å². The maximum Gasteiger partial charge on any atom is 0.211 e. The molecule has 0 amide bonds. The van der Waals surface area contributed by atoms with Crippen LogP contribution in [0.15, 0.2) is 61.3 Å². The number of fused-ring (bicyclic) bond motifs is 1. The number of hydrogen-bond donors (Lipinski definition) is 2. The van der Waals surface area contributed by atoms with Crippen molar-refractivity contribution in [1.29, 1.82) is 0 Å². The molecule has 0 atom stereocenters. The summed E-state index contributed by atoms with van der Waals surface area (Å²) < 4.78 is 1.77. The van der Waals surface area contributed by atoms with Crippen LogP contribution < -0.4 is 10.6 Å². The van der Waals surface area contributed by atoms with E-state index in [-0.39, 0.29) is 0 Å². The average Bonchev–Trinajstić information content (AvgIpc) is 3.62. The molecule has 0 radical (unpaired) electrons. The minimum Gasteiger partial charge on any atom is -0.353 e. The van der Waals surface area contributed by atoms with Crippen molar-refractivity contribution in [2.45, 2.75) is 31.6 Å². The van der Waals surface area contributed by atoms with Crippen molar-refractivity contribution in [3.05, 3.63) is 66.3 Å². The molecule has 2 N–H and O–H groups in total. The van der Waals surface area contributed by atoms with E-state index in [4.69, 9.17) is 4.98 Å². The Morgan fingerprint density at radius 2 is 1.85 bits per heavy atom. The molecule has 1 aliphatic rings. The summed E-state index contributed by atoms with van der Waals surface area (Å²) in [5, 5.41) is 21.5. The Hall–Kier alpha value is -3.92. The van der Waals surface area contributed by atoms with Crippen LogP contribution in [0.2, 0.25) is 0 Å². The lowest BCUT2D eigenvalue weighted by Gasteiger charge is -2.09. The highest BCUT2D eigenvalue weighted by Crippen LogP contribution is 2.37. The van der Waals surface area contributed by atoms with Gasteiger partial charge in [-0.3, -0.25) is 9.97 Å². The second kappa shape index (κ2) is 8.55. The summed E-state index contributed by atoms with van der Waals surface area (Å²) in [6.45, 7) is 0. The summed E-state index contributed by atoms with van der Waals surface area (Å²) in [4.78, 5) is 13.6. The largest absolute Gasteiger partial charge is 0.353 e. The first-order chi connectivity index (χ1) is 16.3. The van der Waals surface area contributed by atoms with Gasteiger partial charge in [0.05, 0.1) is 46.7 Å². The van der Waals surface area contributed by atoms with Crippen LogP contribution >= 0.6 is 11.3 Å². The Bertz CT molecular complexity index is 1390. The van der Waals surface area contributed by atoms with E-state index in [1.807, 2.05) is 36.5 Å². The number of pyridine rings is 3. The zero-order valence-electron chi connectivity index (χ0n) is 17.7. The zero-order valence-corrected chi connectivity index (χ0v) is 18.5. The van der Waals surface area contributed by atoms with E-state index in [0.29, 0.717) is 5.92 Å². The number of nitrogens with zero attached hydrogens (tertiary/aromatic N) is 7. The van der Waals surface area contributed by atoms with Crippen LogP contribution in [0, 0.1) is 0 Å². The highest BCUT2D eigenvalue weighted by atomic mass is 32.1. The first kappa shape index (κ1) is 19.7. The first-order valence-corrected chi connectivity index (χ1v) is 11.7. The molecule has 0 spiro atoms. The lowest BCUT2D eigenvalue weighted by molar-refractivity contribution is 0.705. The van der Waals surface area contributed by atoms with Crippen molar-refractivity contribution in [2.75, 3.05) is 10.6 Å². The Kier molecular flexibility index (Phi) is 5.11. The van der Waals surface area contributed by atoms with E-state index >= 15 is 0 Å². The second-order valence-electron chi connectivity index (χ2n) is 8.02. The molecule has 0 bridgehead atoms. The van der Waals surface area contributed by atoms with Crippen LogP contribution in [-0.2, 0) is 0 Å². The highest BCUT2D eigenvalue weighted by Gasteiger charge is 2.21. The summed E-state index contributed by atoms with van der Waals surface area (Å²) in [5.41, 5.74) is 4.13. The molecule has 9 nitrogen and oxygen atoms in total. The van der Waals surface area contributed by atoms with Crippen molar-refractivity contribution in [3.63, 3.8) is 0 Å². The standard InChI is InChI=1S/C23H21N9S/c1-2-5-15(4-1)22-30-31-23(33-22)29-21-7-6-19-20(28-21)11-17(13-25-19)27-16-10-18(14-24-12-16)32-9-3-8-26-32/h3,6-15,27H,1-2,4-5H2,(H,28,29,31). The molecule has 10 heteroatoms. The van der Waals surface area contributed by atoms with E-state index in [9.17, 15) is 0 Å². The minimum absolute atomic E-state index is 0.557. The normalized spacial score (nSPS) is 14.1. The van der Waals surface area contributed by atoms with Gasteiger partial charge < -0.3 is 10.6 Å². The van der Waals surface area contributed by atoms with Gasteiger partial charge in [-0.05, 0) is 43.2 Å². The van der Waals surface area contributed by atoms with Gasteiger partial charge in [-0.25, -0.2) is 9.67 Å². The van der Waals surface area contributed by atoms with Gasteiger partial charge in [0.1, 0.15) is 10.8 Å². The molecule has 1 fully saturated rings. The fourth-order valence-corrected chi connectivity index (χ4v) is 5.01. The van der Waals surface area contributed by atoms with Gasteiger partial charge in [-0.1, -0.05) is 24.2 Å². The van der Waals surface area contributed by atoms with E-state index in [1.165, 1.54) is 25.7 Å². The summed E-state index contributed by atoms with van der Waals surface area (Å²) in [6, 6.07) is 9.69. The molecule has 5 aromatic rings. The summed E-state index contributed by atoms with van der Waals surface area (Å²) in [7, 11) is 0. The number of aromatic nitrogens is 7. The Balaban J connectivity index is 1.21. The first-order valence-electron chi connectivity index (χ1n) is 10.9. The van der Waals surface area contributed by atoms with Gasteiger partial charge in [-0.2, -0.15) is 5.10 Å². The van der Waals surface area contributed by atoms with Gasteiger partial charge in [0.2, 0.25) is 5.13 Å². The van der Waals surface area contributed by atoms with E-state index < -0.39 is 0 Å². The van der Waals surface area contributed by atoms with Crippen molar-refractivity contribution in [3.8, 4) is 5.69 Å². The second-order valence-corrected chi connectivity index (χ2v) is 9.03. The Morgan fingerprint density at radius 3 is 2.73 bits per heavy atom. The van der Waals surface area contributed by atoms with Crippen LogP contribution in [0.5, 0.6) is 0 Å². The topological polar surface area (TPSA) is 106 Å². The zero-order chi connectivity index (χ0) is 22.0. The number of anilines is 4. The van der Waals surface area contributed by atoms with Crippen molar-refractivity contribution in [1.82, 2.24) is 34.9 Å². The number of nitrogens with one attached hydrogen (secondary N) is 2. The Morgan fingerprint density at radius 1 is 0.939 bits per heavy atom. The Labute approximate surface area is 194 Å². The molecule has 0 unspecified atom stereocenters. The number of rotatable bonds is 6. The van der Waals surface area contributed by atoms with Crippen LogP contribution in [0.3, 0.4) is 0 Å². The SMILES string of the molecule is c1cnn(-c2cncc(Nc3cnc4ccc(Nc5nnc(C6CCCC6)s5)nc4c3)c2)c1. The average molecular weight is 456 g/mol. The lowest BCUT2D eigenvalue weighted by Crippen LogP contribution is -1.99. The van der Waals surface area contributed by atoms with Crippen LogP contribution in [0.4, 0.5) is 22.3 Å². The highest BCUT2D eigenvalue weighted by molar-refractivity contribution is 7.15. The predicted octanol–water partition coefficient (Wildman–Crippen LogP) is 5.21. The molecule has 0 aliphatic heterocycles. The smallest absolute Gasteiger partial charge is 0.211 e. The molecule has 33 heavy (non-hydrogen) atoms. The fourth-order valence-electron chi connectivity index (χ4n) is 4.09. The molecule has 0 saturated heterocycles. The number of hydrogen-bond acceptors (Lipinski definition) is 9. The third kappa shape index (κ3) is 4.24. The lowest BCUT2D eigenvalue weighted by atomic mass is 10.1. The molecule has 5 heterocycles. The molecular formula is C23H21N9S. The van der Waals surface area contributed by atoms with Gasteiger partial charge in [0.15, 0.2) is 0 Å².